The Bertz CT molecular complexity index is 552. The minimum absolute atomic E-state index is 0.0787. The number of anilines is 1. The van der Waals surface area contributed by atoms with Crippen LogP contribution in [-0.4, -0.2) is 58.0 Å². The summed E-state index contributed by atoms with van der Waals surface area (Å²) in [5.41, 5.74) is 5.50. The van der Waals surface area contributed by atoms with Crippen molar-refractivity contribution < 1.29 is 14.6 Å². The maximum Gasteiger partial charge on any atom is 0.320 e. The van der Waals surface area contributed by atoms with Crippen LogP contribution >= 0.6 is 11.3 Å². The van der Waals surface area contributed by atoms with Crippen molar-refractivity contribution in [2.75, 3.05) is 25.5 Å². The number of aromatic nitrogens is 2. The first kappa shape index (κ1) is 20.1. The first-order valence-electron chi connectivity index (χ1n) is 8.95. The molecule has 8 heteroatoms. The SMILES string of the molecule is CC(C)(C)c1nnc(N)s1.O=C(O)[C@@H]1CCCCN1C1CCOCC1. The number of carbonyl (C=O) groups is 1. The molecule has 3 N–H and O–H groups in total. The quantitative estimate of drug-likeness (QED) is 0.825. The number of rotatable bonds is 2. The first-order chi connectivity index (χ1) is 11.8. The van der Waals surface area contributed by atoms with Crippen LogP contribution in [0.3, 0.4) is 0 Å². The van der Waals surface area contributed by atoms with E-state index >= 15 is 0 Å². The summed E-state index contributed by atoms with van der Waals surface area (Å²) >= 11 is 1.45. The van der Waals surface area contributed by atoms with E-state index in [4.69, 9.17) is 15.6 Å². The zero-order valence-electron chi connectivity index (χ0n) is 15.4. The molecule has 142 valence electrons. The van der Waals surface area contributed by atoms with Gasteiger partial charge >= 0.3 is 5.97 Å². The molecule has 25 heavy (non-hydrogen) atoms. The lowest BCUT2D eigenvalue weighted by Crippen LogP contribution is -2.51. The molecule has 3 heterocycles. The van der Waals surface area contributed by atoms with Crippen molar-refractivity contribution in [3.63, 3.8) is 0 Å². The molecule has 1 atom stereocenters. The van der Waals surface area contributed by atoms with E-state index in [9.17, 15) is 4.79 Å². The van der Waals surface area contributed by atoms with Crippen LogP contribution in [0.25, 0.3) is 0 Å². The molecule has 1 aromatic heterocycles. The van der Waals surface area contributed by atoms with Gasteiger partial charge < -0.3 is 15.6 Å². The highest BCUT2D eigenvalue weighted by atomic mass is 32.1. The first-order valence-corrected chi connectivity index (χ1v) is 9.76. The normalized spacial score (nSPS) is 22.9. The second kappa shape index (κ2) is 8.91. The van der Waals surface area contributed by atoms with E-state index in [1.807, 2.05) is 0 Å². The molecule has 0 bridgehead atoms. The number of aliphatic carboxylic acids is 1. The highest BCUT2D eigenvalue weighted by Crippen LogP contribution is 2.26. The van der Waals surface area contributed by atoms with Crippen molar-refractivity contribution in [1.29, 1.82) is 0 Å². The standard InChI is InChI=1S/C11H19NO3.C6H11N3S/c13-11(14)10-3-1-2-6-12(10)9-4-7-15-8-5-9;1-6(2,3)4-8-9-5(7)10-4/h9-10H,1-8H2,(H,13,14);1-3H3,(H2,7,9)/t10-;/m0./s1. The fourth-order valence-electron chi connectivity index (χ4n) is 3.21. The average molecular weight is 371 g/mol. The summed E-state index contributed by atoms with van der Waals surface area (Å²) < 4.78 is 5.31. The number of carboxylic acids is 1. The van der Waals surface area contributed by atoms with Crippen molar-refractivity contribution in [1.82, 2.24) is 15.1 Å². The van der Waals surface area contributed by atoms with Crippen molar-refractivity contribution in [3.05, 3.63) is 5.01 Å². The van der Waals surface area contributed by atoms with Crippen LogP contribution in [0.5, 0.6) is 0 Å². The van der Waals surface area contributed by atoms with Gasteiger partial charge in [-0.3, -0.25) is 9.69 Å². The van der Waals surface area contributed by atoms with E-state index in [1.54, 1.807) is 0 Å². The van der Waals surface area contributed by atoms with Crippen LogP contribution in [-0.2, 0) is 14.9 Å². The molecule has 1 aromatic rings. The topological polar surface area (TPSA) is 102 Å². The number of likely N-dealkylation sites (tertiary alicyclic amines) is 1. The Balaban J connectivity index is 0.000000196. The molecule has 7 nitrogen and oxygen atoms in total. The number of ether oxygens (including phenoxy) is 1. The Morgan fingerprint density at radius 2 is 1.92 bits per heavy atom. The van der Waals surface area contributed by atoms with Crippen molar-refractivity contribution in [2.24, 2.45) is 0 Å². The lowest BCUT2D eigenvalue weighted by molar-refractivity contribution is -0.146. The predicted octanol–water partition coefficient (Wildman–Crippen LogP) is 2.52. The van der Waals surface area contributed by atoms with Crippen LogP contribution in [0.2, 0.25) is 0 Å². The van der Waals surface area contributed by atoms with Crippen LogP contribution in [0.15, 0.2) is 0 Å². The number of hydrogen-bond acceptors (Lipinski definition) is 7. The molecule has 0 saturated carbocycles. The molecule has 2 aliphatic rings. The van der Waals surface area contributed by atoms with Gasteiger partial charge in [0.2, 0.25) is 5.13 Å². The Hall–Kier alpha value is -1.25. The molecule has 3 rings (SSSR count). The molecule has 0 aromatic carbocycles. The van der Waals surface area contributed by atoms with Crippen LogP contribution in [0.4, 0.5) is 5.13 Å². The summed E-state index contributed by atoms with van der Waals surface area (Å²) in [6, 6.07) is 0.182. The molecular weight excluding hydrogens is 340 g/mol. The van der Waals surface area contributed by atoms with Gasteiger partial charge in [0.25, 0.3) is 0 Å². The number of nitrogens with zero attached hydrogens (tertiary/aromatic N) is 3. The van der Waals surface area contributed by atoms with Gasteiger partial charge in [-0.15, -0.1) is 10.2 Å². The van der Waals surface area contributed by atoms with Crippen LogP contribution in [0, 0.1) is 0 Å². The lowest BCUT2D eigenvalue weighted by atomic mass is 9.96. The Morgan fingerprint density at radius 3 is 2.40 bits per heavy atom. The van der Waals surface area contributed by atoms with Crippen molar-refractivity contribution in [3.8, 4) is 0 Å². The smallest absolute Gasteiger partial charge is 0.320 e. The molecule has 0 unspecified atom stereocenters. The van der Waals surface area contributed by atoms with E-state index in [1.165, 1.54) is 11.3 Å². The summed E-state index contributed by atoms with van der Waals surface area (Å²) in [4.78, 5) is 13.3. The second-order valence-corrected chi connectivity index (χ2v) is 8.64. The molecule has 2 aliphatic heterocycles. The van der Waals surface area contributed by atoms with Crippen LogP contribution < -0.4 is 5.73 Å². The summed E-state index contributed by atoms with van der Waals surface area (Å²) in [5.74, 6) is -0.652. The summed E-state index contributed by atoms with van der Waals surface area (Å²) in [6.07, 6.45) is 4.98. The van der Waals surface area contributed by atoms with E-state index in [0.717, 1.165) is 56.9 Å². The molecule has 0 spiro atoms. The number of carboxylic acid groups (broad SMARTS) is 1. The fraction of sp³-hybridized carbons (Fsp3) is 0.824. The summed E-state index contributed by atoms with van der Waals surface area (Å²) in [5, 5.41) is 18.4. The molecule has 0 radical (unpaired) electrons. The molecule has 2 saturated heterocycles. The molecule has 0 aliphatic carbocycles. The fourth-order valence-corrected chi connectivity index (χ4v) is 3.88. The Labute approximate surface area is 153 Å². The van der Waals surface area contributed by atoms with Gasteiger partial charge in [-0.1, -0.05) is 38.5 Å². The van der Waals surface area contributed by atoms with Gasteiger partial charge in [0, 0.05) is 24.7 Å². The van der Waals surface area contributed by atoms with E-state index < -0.39 is 5.97 Å². The highest BCUT2D eigenvalue weighted by Gasteiger charge is 2.33. The molecule has 2 fully saturated rings. The largest absolute Gasteiger partial charge is 0.480 e. The van der Waals surface area contributed by atoms with Gasteiger partial charge in [-0.05, 0) is 32.2 Å². The zero-order chi connectivity index (χ0) is 18.4. The highest BCUT2D eigenvalue weighted by molar-refractivity contribution is 7.15. The molecule has 0 amide bonds. The number of piperidine rings is 1. The van der Waals surface area contributed by atoms with E-state index in [-0.39, 0.29) is 11.5 Å². The maximum absolute atomic E-state index is 11.1. The number of nitrogens with two attached hydrogens (primary N) is 1. The summed E-state index contributed by atoms with van der Waals surface area (Å²) in [7, 11) is 0. The van der Waals surface area contributed by atoms with Crippen molar-refractivity contribution in [2.45, 2.75) is 70.4 Å². The van der Waals surface area contributed by atoms with Crippen LogP contribution in [0.1, 0.15) is 57.9 Å². The zero-order valence-corrected chi connectivity index (χ0v) is 16.2. The molecular formula is C17H30N4O3S. The third-order valence-electron chi connectivity index (χ3n) is 4.57. The monoisotopic (exact) mass is 370 g/mol. The van der Waals surface area contributed by atoms with Crippen molar-refractivity contribution >= 4 is 22.4 Å². The Kier molecular flexibility index (Phi) is 7.15. The predicted molar refractivity (Wildman–Crippen MR) is 98.8 cm³/mol. The average Bonchev–Trinajstić information content (AvgIpc) is 3.03. The lowest BCUT2D eigenvalue weighted by Gasteiger charge is -2.40. The minimum Gasteiger partial charge on any atom is -0.480 e. The minimum atomic E-state index is -0.652. The third kappa shape index (κ3) is 5.90. The van der Waals surface area contributed by atoms with E-state index in [0.29, 0.717) is 11.2 Å². The number of hydrogen-bond donors (Lipinski definition) is 2. The van der Waals surface area contributed by atoms with Gasteiger partial charge in [0.1, 0.15) is 11.0 Å². The second-order valence-electron chi connectivity index (χ2n) is 7.63. The van der Waals surface area contributed by atoms with E-state index in [2.05, 4.69) is 35.9 Å². The Morgan fingerprint density at radius 1 is 1.24 bits per heavy atom. The van der Waals surface area contributed by atoms with Gasteiger partial charge in [0.15, 0.2) is 0 Å². The van der Waals surface area contributed by atoms with Gasteiger partial charge in [0.05, 0.1) is 0 Å². The number of nitrogen functional groups attached to an aromatic ring is 1. The van der Waals surface area contributed by atoms with Gasteiger partial charge in [-0.2, -0.15) is 0 Å². The van der Waals surface area contributed by atoms with Gasteiger partial charge in [-0.25, -0.2) is 0 Å². The summed E-state index contributed by atoms with van der Waals surface area (Å²) in [6.45, 7) is 8.79. The third-order valence-corrected chi connectivity index (χ3v) is 5.75. The maximum atomic E-state index is 11.1.